The maximum absolute atomic E-state index is 13.3. The number of carboxylic acid groups (broad SMARTS) is 1. The van der Waals surface area contributed by atoms with E-state index in [9.17, 15) is 19.5 Å². The lowest BCUT2D eigenvalue weighted by Crippen LogP contribution is -2.49. The van der Waals surface area contributed by atoms with Gasteiger partial charge in [-0.05, 0) is 56.2 Å². The molecule has 8 heteroatoms. The minimum Gasteiger partial charge on any atom is -0.481 e. The molecule has 0 bridgehead atoms. The summed E-state index contributed by atoms with van der Waals surface area (Å²) in [6.07, 6.45) is -0.706. The Morgan fingerprint density at radius 1 is 1.00 bits per heavy atom. The van der Waals surface area contributed by atoms with Crippen LogP contribution in [-0.4, -0.2) is 42.3 Å². The van der Waals surface area contributed by atoms with Crippen LogP contribution in [0.2, 0.25) is 0 Å². The molecule has 0 fully saturated rings. The monoisotopic (exact) mass is 534 g/mol. The number of carbonyl (C=O) groups excluding carboxylic acids is 2. The zero-order valence-corrected chi connectivity index (χ0v) is 20.3. The lowest BCUT2D eigenvalue weighted by molar-refractivity contribution is -0.139. The highest BCUT2D eigenvalue weighted by atomic mass is 79.9. The van der Waals surface area contributed by atoms with E-state index in [-0.39, 0.29) is 12.5 Å². The normalized spacial score (nSPS) is 14.6. The second-order valence-electron chi connectivity index (χ2n) is 8.61. The third-order valence-corrected chi connectivity index (χ3v) is 7.16. The topological polar surface area (TPSA) is 95.9 Å². The van der Waals surface area contributed by atoms with E-state index in [0.717, 1.165) is 32.3 Å². The number of rotatable bonds is 6. The third kappa shape index (κ3) is 4.41. The summed E-state index contributed by atoms with van der Waals surface area (Å²) in [4.78, 5) is 39.0. The van der Waals surface area contributed by atoms with Crippen molar-refractivity contribution in [2.75, 3.05) is 18.1 Å². The van der Waals surface area contributed by atoms with Crippen LogP contribution < -0.4 is 10.2 Å². The number of hydrogen-bond acceptors (Lipinski definition) is 4. The highest BCUT2D eigenvalue weighted by Gasteiger charge is 2.35. The van der Waals surface area contributed by atoms with Crippen LogP contribution >= 0.6 is 15.9 Å². The minimum absolute atomic E-state index is 0.0753. The Labute approximate surface area is 210 Å². The van der Waals surface area contributed by atoms with Crippen LogP contribution in [0.25, 0.3) is 11.1 Å². The Balaban J connectivity index is 1.30. The molecule has 1 aliphatic carbocycles. The Bertz CT molecular complexity index is 1280. The number of halogens is 1. The number of benzene rings is 3. The molecule has 178 valence electrons. The maximum Gasteiger partial charge on any atom is 0.407 e. The molecule has 1 atom stereocenters. The molecule has 2 amide bonds. The second kappa shape index (κ2) is 9.54. The van der Waals surface area contributed by atoms with Gasteiger partial charge in [0.25, 0.3) is 0 Å². The molecule has 35 heavy (non-hydrogen) atoms. The summed E-state index contributed by atoms with van der Waals surface area (Å²) in [5.74, 6) is -1.80. The molecule has 0 saturated carbocycles. The van der Waals surface area contributed by atoms with Crippen molar-refractivity contribution in [3.05, 3.63) is 87.9 Å². The first kappa shape index (κ1) is 23.1. The number of anilines is 1. The summed E-state index contributed by atoms with van der Waals surface area (Å²) in [6.45, 7) is 0.491. The molecule has 0 aromatic heterocycles. The van der Waals surface area contributed by atoms with Crippen molar-refractivity contribution >= 4 is 39.6 Å². The van der Waals surface area contributed by atoms with E-state index in [1.54, 1.807) is 0 Å². The molecule has 2 N–H and O–H groups in total. The first-order valence-corrected chi connectivity index (χ1v) is 12.2. The van der Waals surface area contributed by atoms with Gasteiger partial charge in [0.2, 0.25) is 5.91 Å². The number of ether oxygens (including phenoxy) is 1. The van der Waals surface area contributed by atoms with Gasteiger partial charge < -0.3 is 20.1 Å². The summed E-state index contributed by atoms with van der Waals surface area (Å²) in [5, 5.41) is 11.9. The van der Waals surface area contributed by atoms with Crippen molar-refractivity contribution < 1.29 is 24.2 Å². The average Bonchev–Trinajstić information content (AvgIpc) is 3.42. The molecular weight excluding hydrogens is 512 g/mol. The fourth-order valence-corrected chi connectivity index (χ4v) is 5.59. The van der Waals surface area contributed by atoms with E-state index < -0.39 is 30.4 Å². The first-order chi connectivity index (χ1) is 16.9. The number of nitrogens with zero attached hydrogens (tertiary/aromatic N) is 1. The predicted molar refractivity (Wildman–Crippen MR) is 134 cm³/mol. The van der Waals surface area contributed by atoms with Crippen molar-refractivity contribution in [3.63, 3.8) is 0 Å². The van der Waals surface area contributed by atoms with Gasteiger partial charge in [-0.2, -0.15) is 0 Å². The largest absolute Gasteiger partial charge is 0.481 e. The number of carboxylic acids is 1. The number of amides is 2. The highest BCUT2D eigenvalue weighted by molar-refractivity contribution is 9.10. The third-order valence-electron chi connectivity index (χ3n) is 6.52. The Morgan fingerprint density at radius 2 is 1.66 bits per heavy atom. The number of nitrogens with one attached hydrogen (secondary N) is 1. The molecule has 1 aliphatic heterocycles. The van der Waals surface area contributed by atoms with Crippen LogP contribution in [0, 0.1) is 0 Å². The van der Waals surface area contributed by atoms with Crippen molar-refractivity contribution in [2.45, 2.75) is 24.8 Å². The molecule has 1 heterocycles. The van der Waals surface area contributed by atoms with Crippen molar-refractivity contribution in [2.24, 2.45) is 0 Å². The van der Waals surface area contributed by atoms with E-state index in [4.69, 9.17) is 4.74 Å². The summed E-state index contributed by atoms with van der Waals surface area (Å²) < 4.78 is 6.28. The number of para-hydroxylation sites is 1. The SMILES string of the molecule is O=C(O)CC(NC(=O)OCC1c2ccccc2-c2ccccc21)C(=O)N1CCc2cccc(Br)c21. The average molecular weight is 535 g/mol. The van der Waals surface area contributed by atoms with Crippen LogP contribution in [0.3, 0.4) is 0 Å². The van der Waals surface area contributed by atoms with Crippen LogP contribution in [0.15, 0.2) is 71.2 Å². The highest BCUT2D eigenvalue weighted by Crippen LogP contribution is 2.44. The molecule has 0 saturated heterocycles. The number of fused-ring (bicyclic) bond motifs is 4. The van der Waals surface area contributed by atoms with Crippen molar-refractivity contribution in [3.8, 4) is 11.1 Å². The molecule has 7 nitrogen and oxygen atoms in total. The summed E-state index contributed by atoms with van der Waals surface area (Å²) >= 11 is 3.47. The minimum atomic E-state index is -1.25. The van der Waals surface area contributed by atoms with Gasteiger partial charge in [-0.1, -0.05) is 60.7 Å². The van der Waals surface area contributed by atoms with Crippen molar-refractivity contribution in [1.29, 1.82) is 0 Å². The summed E-state index contributed by atoms with van der Waals surface area (Å²) in [7, 11) is 0. The van der Waals surface area contributed by atoms with Gasteiger partial charge in [-0.25, -0.2) is 4.79 Å². The van der Waals surface area contributed by atoms with Gasteiger partial charge >= 0.3 is 12.1 Å². The van der Waals surface area contributed by atoms with E-state index >= 15 is 0 Å². The molecule has 3 aromatic carbocycles. The quantitative estimate of drug-likeness (QED) is 0.477. The molecule has 0 spiro atoms. The zero-order valence-electron chi connectivity index (χ0n) is 18.7. The van der Waals surface area contributed by atoms with Crippen LogP contribution in [0.4, 0.5) is 10.5 Å². The molecule has 1 unspecified atom stereocenters. The molecule has 5 rings (SSSR count). The molecule has 0 radical (unpaired) electrons. The van der Waals surface area contributed by atoms with Gasteiger partial charge in [0.05, 0.1) is 12.1 Å². The van der Waals surface area contributed by atoms with E-state index in [0.29, 0.717) is 18.7 Å². The Hall–Kier alpha value is -3.65. The predicted octanol–water partition coefficient (Wildman–Crippen LogP) is 4.72. The lowest BCUT2D eigenvalue weighted by Gasteiger charge is -2.25. The van der Waals surface area contributed by atoms with E-state index in [1.807, 2.05) is 66.7 Å². The van der Waals surface area contributed by atoms with Gasteiger partial charge in [0, 0.05) is 16.9 Å². The van der Waals surface area contributed by atoms with Gasteiger partial charge in [-0.3, -0.25) is 9.59 Å². The van der Waals surface area contributed by atoms with Gasteiger partial charge in [-0.15, -0.1) is 0 Å². The fourth-order valence-electron chi connectivity index (χ4n) is 4.97. The summed E-state index contributed by atoms with van der Waals surface area (Å²) in [5.41, 5.74) is 6.05. The van der Waals surface area contributed by atoms with Crippen LogP contribution in [0.5, 0.6) is 0 Å². The Kier molecular flexibility index (Phi) is 6.30. The Morgan fingerprint density at radius 3 is 2.31 bits per heavy atom. The summed E-state index contributed by atoms with van der Waals surface area (Å²) in [6, 6.07) is 20.4. The maximum atomic E-state index is 13.3. The molecular formula is C27H23BrN2O5. The zero-order chi connectivity index (χ0) is 24.5. The lowest BCUT2D eigenvalue weighted by atomic mass is 9.98. The van der Waals surface area contributed by atoms with E-state index in [2.05, 4.69) is 21.2 Å². The number of aliphatic carboxylic acids is 1. The second-order valence-corrected chi connectivity index (χ2v) is 9.46. The van der Waals surface area contributed by atoms with Gasteiger partial charge in [0.1, 0.15) is 12.6 Å². The first-order valence-electron chi connectivity index (χ1n) is 11.4. The van der Waals surface area contributed by atoms with Crippen LogP contribution in [-0.2, 0) is 20.7 Å². The molecule has 2 aliphatic rings. The van der Waals surface area contributed by atoms with Gasteiger partial charge in [0.15, 0.2) is 0 Å². The van der Waals surface area contributed by atoms with Crippen molar-refractivity contribution in [1.82, 2.24) is 5.32 Å². The number of alkyl carbamates (subject to hydrolysis) is 1. The standard InChI is InChI=1S/C27H23BrN2O5/c28-22-11-5-6-16-12-13-30(25(16)22)26(33)23(14-24(31)32)29-27(34)35-15-21-19-9-3-1-7-17(19)18-8-2-4-10-20(18)21/h1-11,21,23H,12-15H2,(H,29,34)(H,31,32). The van der Waals surface area contributed by atoms with Crippen LogP contribution in [0.1, 0.15) is 29.0 Å². The molecule has 3 aromatic rings. The number of carbonyl (C=O) groups is 3. The smallest absolute Gasteiger partial charge is 0.407 e. The number of hydrogen-bond donors (Lipinski definition) is 2. The fraction of sp³-hybridized carbons (Fsp3) is 0.222. The van der Waals surface area contributed by atoms with E-state index in [1.165, 1.54) is 4.90 Å².